The van der Waals surface area contributed by atoms with Gasteiger partial charge in [0.2, 0.25) is 0 Å². The lowest BCUT2D eigenvalue weighted by Crippen LogP contribution is -2.41. The Labute approximate surface area is 126 Å². The highest BCUT2D eigenvalue weighted by Gasteiger charge is 2.37. The zero-order chi connectivity index (χ0) is 15.4. The lowest BCUT2D eigenvalue weighted by atomic mass is 10.0. The van der Waals surface area contributed by atoms with E-state index in [0.717, 1.165) is 6.61 Å². The van der Waals surface area contributed by atoms with Crippen LogP contribution in [0.15, 0.2) is 36.4 Å². The maximum Gasteiger partial charge on any atom is 0.192 e. The summed E-state index contributed by atoms with van der Waals surface area (Å²) in [4.78, 5) is 0. The van der Waals surface area contributed by atoms with Gasteiger partial charge in [-0.15, -0.1) is 0 Å². The molecule has 0 bridgehead atoms. The average Bonchev–Trinajstić information content (AvgIpc) is 2.36. The van der Waals surface area contributed by atoms with Gasteiger partial charge in [0.15, 0.2) is 8.32 Å². The highest BCUT2D eigenvalue weighted by atomic mass is 28.4. The Kier molecular flexibility index (Phi) is 5.78. The van der Waals surface area contributed by atoms with Crippen molar-refractivity contribution in [2.24, 2.45) is 5.92 Å². The van der Waals surface area contributed by atoms with Crippen LogP contribution in [0.25, 0.3) is 5.57 Å². The molecule has 0 aliphatic rings. The molecule has 0 heterocycles. The van der Waals surface area contributed by atoms with Crippen LogP contribution in [0.3, 0.4) is 0 Å². The minimum absolute atomic E-state index is 0.283. The van der Waals surface area contributed by atoms with Crippen molar-refractivity contribution in [3.05, 3.63) is 42.0 Å². The maximum absolute atomic E-state index is 6.29. The van der Waals surface area contributed by atoms with Crippen molar-refractivity contribution in [1.29, 1.82) is 0 Å². The molecule has 0 aliphatic heterocycles. The number of allylic oxidation sites excluding steroid dienone is 1. The minimum atomic E-state index is -1.63. The van der Waals surface area contributed by atoms with Crippen molar-refractivity contribution in [3.8, 4) is 0 Å². The normalized spacial score (nSPS) is 15.2. The molecule has 1 nitrogen and oxygen atoms in total. The predicted octanol–water partition coefficient (Wildman–Crippen LogP) is 5.75. The third-order valence-corrected chi connectivity index (χ3v) is 8.78. The van der Waals surface area contributed by atoms with E-state index in [1.165, 1.54) is 11.1 Å². The number of benzene rings is 1. The largest absolute Gasteiger partial charge is 0.416 e. The van der Waals surface area contributed by atoms with Crippen LogP contribution in [-0.4, -0.2) is 14.9 Å². The van der Waals surface area contributed by atoms with E-state index in [4.69, 9.17) is 4.43 Å². The van der Waals surface area contributed by atoms with Gasteiger partial charge in [-0.2, -0.15) is 0 Å². The highest BCUT2D eigenvalue weighted by molar-refractivity contribution is 6.74. The first-order chi connectivity index (χ1) is 9.13. The molecular formula is C18H30OSi. The number of hydrogen-bond donors (Lipinski definition) is 0. The number of hydrogen-bond acceptors (Lipinski definition) is 1. The van der Waals surface area contributed by atoms with Gasteiger partial charge in [0.25, 0.3) is 0 Å². The fraction of sp³-hybridized carbons (Fsp3) is 0.556. The van der Waals surface area contributed by atoms with Crippen LogP contribution in [0.1, 0.15) is 40.2 Å². The van der Waals surface area contributed by atoms with E-state index in [0.29, 0.717) is 5.92 Å². The zero-order valence-electron chi connectivity index (χ0n) is 14.2. The summed E-state index contributed by atoms with van der Waals surface area (Å²) in [6.45, 7) is 16.7. The Bertz CT molecular complexity index is 440. The summed E-state index contributed by atoms with van der Waals surface area (Å²) in [7, 11) is -1.63. The van der Waals surface area contributed by atoms with Gasteiger partial charge in [0.1, 0.15) is 0 Å². The molecule has 0 amide bonds. The fourth-order valence-electron chi connectivity index (χ4n) is 1.83. The number of rotatable bonds is 5. The second kappa shape index (κ2) is 6.73. The molecule has 0 unspecified atom stereocenters. The van der Waals surface area contributed by atoms with Crippen molar-refractivity contribution in [2.75, 3.05) is 6.61 Å². The molecule has 20 heavy (non-hydrogen) atoms. The van der Waals surface area contributed by atoms with Crippen LogP contribution in [0.2, 0.25) is 18.1 Å². The van der Waals surface area contributed by atoms with Crippen molar-refractivity contribution in [2.45, 2.75) is 52.8 Å². The first kappa shape index (κ1) is 17.2. The van der Waals surface area contributed by atoms with Crippen molar-refractivity contribution < 1.29 is 4.43 Å². The molecule has 1 aromatic carbocycles. The second-order valence-electron chi connectivity index (χ2n) is 7.26. The second-order valence-corrected chi connectivity index (χ2v) is 12.1. The van der Waals surface area contributed by atoms with E-state index in [2.05, 4.69) is 84.1 Å². The summed E-state index contributed by atoms with van der Waals surface area (Å²) in [5.74, 6) is 0.448. The SMILES string of the molecule is C/C(=C/[C@H](C)CO[Si](C)(C)C(C)(C)C)c1ccccc1. The summed E-state index contributed by atoms with van der Waals surface area (Å²) in [5, 5.41) is 0.283. The molecule has 0 aliphatic carbocycles. The van der Waals surface area contributed by atoms with E-state index in [1.807, 2.05) is 0 Å². The van der Waals surface area contributed by atoms with Gasteiger partial charge in [-0.1, -0.05) is 64.1 Å². The first-order valence-corrected chi connectivity index (χ1v) is 10.4. The van der Waals surface area contributed by atoms with E-state index < -0.39 is 8.32 Å². The molecule has 0 aromatic heterocycles. The van der Waals surface area contributed by atoms with Gasteiger partial charge < -0.3 is 4.43 Å². The third-order valence-electron chi connectivity index (χ3n) is 4.28. The summed E-state index contributed by atoms with van der Waals surface area (Å²) >= 11 is 0. The lowest BCUT2D eigenvalue weighted by molar-refractivity contribution is 0.259. The molecule has 0 N–H and O–H groups in total. The highest BCUT2D eigenvalue weighted by Crippen LogP contribution is 2.36. The Balaban J connectivity index is 2.63. The zero-order valence-corrected chi connectivity index (χ0v) is 15.2. The topological polar surface area (TPSA) is 9.23 Å². The molecule has 1 aromatic rings. The predicted molar refractivity (Wildman–Crippen MR) is 92.4 cm³/mol. The van der Waals surface area contributed by atoms with Crippen molar-refractivity contribution in [1.82, 2.24) is 0 Å². The Morgan fingerprint density at radius 3 is 2.25 bits per heavy atom. The van der Waals surface area contributed by atoms with Gasteiger partial charge in [-0.25, -0.2) is 0 Å². The van der Waals surface area contributed by atoms with Crippen LogP contribution in [0, 0.1) is 5.92 Å². The summed E-state index contributed by atoms with van der Waals surface area (Å²) < 4.78 is 6.29. The first-order valence-electron chi connectivity index (χ1n) is 7.51. The van der Waals surface area contributed by atoms with E-state index in [9.17, 15) is 0 Å². The van der Waals surface area contributed by atoms with Crippen LogP contribution < -0.4 is 0 Å². The quantitative estimate of drug-likeness (QED) is 0.628. The van der Waals surface area contributed by atoms with Crippen LogP contribution in [0.5, 0.6) is 0 Å². The summed E-state index contributed by atoms with van der Waals surface area (Å²) in [6, 6.07) is 10.5. The molecule has 0 spiro atoms. The smallest absolute Gasteiger partial charge is 0.192 e. The molecule has 0 fully saturated rings. The van der Waals surface area contributed by atoms with Crippen molar-refractivity contribution in [3.63, 3.8) is 0 Å². The summed E-state index contributed by atoms with van der Waals surface area (Å²) in [5.41, 5.74) is 2.63. The van der Waals surface area contributed by atoms with Gasteiger partial charge in [-0.3, -0.25) is 0 Å². The van der Waals surface area contributed by atoms with Gasteiger partial charge in [0.05, 0.1) is 0 Å². The van der Waals surface area contributed by atoms with E-state index >= 15 is 0 Å². The Morgan fingerprint density at radius 1 is 1.20 bits per heavy atom. The lowest BCUT2D eigenvalue weighted by Gasteiger charge is -2.36. The van der Waals surface area contributed by atoms with Gasteiger partial charge in [0, 0.05) is 6.61 Å². The maximum atomic E-state index is 6.29. The standard InChI is InChI=1S/C18H30OSi/c1-15(14-19-20(6,7)18(3,4)5)13-16(2)17-11-9-8-10-12-17/h8-13,15H,14H2,1-7H3/b16-13-/t15-/m0/s1. The van der Waals surface area contributed by atoms with Crippen molar-refractivity contribution >= 4 is 13.9 Å². The van der Waals surface area contributed by atoms with Crippen LogP contribution in [-0.2, 0) is 4.43 Å². The average molecular weight is 291 g/mol. The molecular weight excluding hydrogens is 260 g/mol. The molecule has 0 radical (unpaired) electrons. The van der Waals surface area contributed by atoms with Crippen LogP contribution in [0.4, 0.5) is 0 Å². The summed E-state index contributed by atoms with van der Waals surface area (Å²) in [6.07, 6.45) is 2.32. The van der Waals surface area contributed by atoms with Crippen LogP contribution >= 0.6 is 0 Å². The Hall–Kier alpha value is -0.863. The monoisotopic (exact) mass is 290 g/mol. The van der Waals surface area contributed by atoms with E-state index in [-0.39, 0.29) is 5.04 Å². The molecule has 1 rings (SSSR count). The van der Waals surface area contributed by atoms with Gasteiger partial charge in [-0.05, 0) is 42.1 Å². The third kappa shape index (κ3) is 4.91. The molecule has 0 saturated carbocycles. The molecule has 1 atom stereocenters. The molecule has 0 saturated heterocycles. The molecule has 112 valence electrons. The fourth-order valence-corrected chi connectivity index (χ4v) is 2.94. The minimum Gasteiger partial charge on any atom is -0.416 e. The van der Waals surface area contributed by atoms with E-state index in [1.54, 1.807) is 0 Å². The Morgan fingerprint density at radius 2 is 1.75 bits per heavy atom. The van der Waals surface area contributed by atoms with Gasteiger partial charge >= 0.3 is 0 Å². The molecule has 2 heteroatoms.